The first-order chi connectivity index (χ1) is 17.0. The number of benzene rings is 2. The minimum absolute atomic E-state index is 0.0651. The number of sulfone groups is 1. The Labute approximate surface area is 214 Å². The Morgan fingerprint density at radius 2 is 1.67 bits per heavy atom. The Bertz CT molecular complexity index is 1310. The Morgan fingerprint density at radius 3 is 2.28 bits per heavy atom. The van der Waals surface area contributed by atoms with E-state index in [0.717, 1.165) is 11.3 Å². The number of aryl methyl sites for hydroxylation is 1. The van der Waals surface area contributed by atoms with Gasteiger partial charge in [-0.15, -0.1) is 0 Å². The van der Waals surface area contributed by atoms with E-state index in [-0.39, 0.29) is 29.0 Å². The van der Waals surface area contributed by atoms with E-state index in [9.17, 15) is 13.2 Å². The Morgan fingerprint density at radius 1 is 1.03 bits per heavy atom. The summed E-state index contributed by atoms with van der Waals surface area (Å²) in [6, 6.07) is 17.0. The van der Waals surface area contributed by atoms with Crippen molar-refractivity contribution in [2.45, 2.75) is 56.4 Å². The van der Waals surface area contributed by atoms with Crippen LogP contribution in [-0.4, -0.2) is 48.0 Å². The molecular weight excluding hydrogens is 472 g/mol. The number of aromatic nitrogens is 2. The summed E-state index contributed by atoms with van der Waals surface area (Å²) < 4.78 is 26.0. The Balaban J connectivity index is 1.53. The molecule has 4 rings (SSSR count). The van der Waals surface area contributed by atoms with Crippen LogP contribution in [0.3, 0.4) is 0 Å². The molecule has 2 atom stereocenters. The lowest BCUT2D eigenvalue weighted by molar-refractivity contribution is 0.207. The van der Waals surface area contributed by atoms with Gasteiger partial charge in [0, 0.05) is 50.1 Å². The average molecular weight is 509 g/mol. The number of amides is 2. The molecule has 2 unspecified atom stereocenters. The number of nitrogens with one attached hydrogen (secondary N) is 1. The quantitative estimate of drug-likeness (QED) is 0.527. The zero-order valence-corrected chi connectivity index (χ0v) is 22.5. The normalized spacial score (nSPS) is 18.4. The second kappa shape index (κ2) is 10.1. The first-order valence-corrected chi connectivity index (χ1v) is 14.1. The van der Waals surface area contributed by atoms with Crippen LogP contribution >= 0.6 is 0 Å². The van der Waals surface area contributed by atoms with Gasteiger partial charge in [-0.2, -0.15) is 5.10 Å². The fraction of sp³-hybridized carbons (Fsp3) is 0.429. The van der Waals surface area contributed by atoms with Crippen LogP contribution in [0.4, 0.5) is 4.79 Å². The van der Waals surface area contributed by atoms with Gasteiger partial charge in [-0.05, 0) is 28.8 Å². The van der Waals surface area contributed by atoms with Crippen molar-refractivity contribution < 1.29 is 13.2 Å². The van der Waals surface area contributed by atoms with Crippen molar-refractivity contribution in [2.75, 3.05) is 18.8 Å². The summed E-state index contributed by atoms with van der Waals surface area (Å²) >= 11 is 0. The molecule has 1 aromatic heterocycles. The number of urea groups is 1. The maximum absolute atomic E-state index is 13.2. The second-order valence-corrected chi connectivity index (χ2v) is 12.9. The van der Waals surface area contributed by atoms with E-state index in [4.69, 9.17) is 5.10 Å². The lowest BCUT2D eigenvalue weighted by atomic mass is 9.79. The van der Waals surface area contributed by atoms with Crippen molar-refractivity contribution in [1.82, 2.24) is 20.0 Å². The van der Waals surface area contributed by atoms with E-state index in [1.165, 1.54) is 11.1 Å². The molecule has 3 aromatic rings. The van der Waals surface area contributed by atoms with E-state index in [2.05, 4.69) is 44.4 Å². The third kappa shape index (κ3) is 5.48. The van der Waals surface area contributed by atoms with Crippen LogP contribution in [0.5, 0.6) is 0 Å². The first-order valence-electron chi connectivity index (χ1n) is 12.4. The molecule has 2 aromatic carbocycles. The highest BCUT2D eigenvalue weighted by molar-refractivity contribution is 7.91. The number of likely N-dealkylation sites (tertiary alicyclic amines) is 1. The van der Waals surface area contributed by atoms with Crippen LogP contribution in [0.2, 0.25) is 0 Å². The van der Waals surface area contributed by atoms with E-state index in [1.807, 2.05) is 34.8 Å². The van der Waals surface area contributed by atoms with Crippen molar-refractivity contribution in [3.63, 3.8) is 0 Å². The molecule has 2 heterocycles. The molecule has 7 nitrogen and oxygen atoms in total. The number of rotatable bonds is 6. The van der Waals surface area contributed by atoms with Crippen LogP contribution in [0.15, 0.2) is 65.7 Å². The molecule has 1 aliphatic heterocycles. The molecule has 0 saturated carbocycles. The summed E-state index contributed by atoms with van der Waals surface area (Å²) in [7, 11) is -1.29. The molecule has 0 radical (unpaired) electrons. The highest BCUT2D eigenvalue weighted by Gasteiger charge is 2.40. The first kappa shape index (κ1) is 25.9. The summed E-state index contributed by atoms with van der Waals surface area (Å²) in [5, 5.41) is 7.81. The topological polar surface area (TPSA) is 84.3 Å². The third-order valence-electron chi connectivity index (χ3n) is 6.91. The number of nitrogens with zero attached hydrogens (tertiary/aromatic N) is 3. The van der Waals surface area contributed by atoms with Crippen LogP contribution < -0.4 is 5.32 Å². The summed E-state index contributed by atoms with van der Waals surface area (Å²) in [5.74, 6) is 0.371. The molecule has 0 spiro atoms. The average Bonchev–Trinajstić information content (AvgIpc) is 3.47. The number of carbonyl (C=O) groups excluding carboxylic acids is 1. The van der Waals surface area contributed by atoms with E-state index in [1.54, 1.807) is 31.2 Å². The Kier molecular flexibility index (Phi) is 7.27. The zero-order valence-electron chi connectivity index (χ0n) is 21.7. The van der Waals surface area contributed by atoms with E-state index >= 15 is 0 Å². The van der Waals surface area contributed by atoms with Gasteiger partial charge in [0.1, 0.15) is 0 Å². The van der Waals surface area contributed by atoms with Gasteiger partial charge in [0.25, 0.3) is 0 Å². The van der Waals surface area contributed by atoms with Gasteiger partial charge in [0.2, 0.25) is 0 Å². The highest BCUT2D eigenvalue weighted by Crippen LogP contribution is 2.42. The monoisotopic (exact) mass is 508 g/mol. The van der Waals surface area contributed by atoms with Crippen molar-refractivity contribution in [1.29, 1.82) is 0 Å². The number of carbonyl (C=O) groups is 1. The molecule has 0 aliphatic carbocycles. The van der Waals surface area contributed by atoms with Crippen LogP contribution in [0.25, 0.3) is 0 Å². The van der Waals surface area contributed by atoms with Gasteiger partial charge in [-0.25, -0.2) is 13.2 Å². The van der Waals surface area contributed by atoms with Crippen LogP contribution in [-0.2, 0) is 28.8 Å². The molecule has 1 saturated heterocycles. The van der Waals surface area contributed by atoms with E-state index in [0.29, 0.717) is 24.5 Å². The van der Waals surface area contributed by atoms with Crippen molar-refractivity contribution in [3.05, 3.63) is 83.2 Å². The lowest BCUT2D eigenvalue weighted by Crippen LogP contribution is -2.38. The van der Waals surface area contributed by atoms with Gasteiger partial charge in [0.15, 0.2) is 9.84 Å². The van der Waals surface area contributed by atoms with Crippen molar-refractivity contribution in [2.24, 2.45) is 7.05 Å². The SMILES string of the molecule is CCS(=O)(=O)c1ccc(CNC(=O)N2CC(c3ccccc3)C(c3cn(C)nc3C(C)(C)C)C2)cc1. The summed E-state index contributed by atoms with van der Waals surface area (Å²) in [5.41, 5.74) is 4.23. The van der Waals surface area contributed by atoms with Gasteiger partial charge >= 0.3 is 6.03 Å². The summed E-state index contributed by atoms with van der Waals surface area (Å²) in [4.78, 5) is 15.4. The predicted octanol–water partition coefficient (Wildman–Crippen LogP) is 4.60. The Hall–Kier alpha value is -3.13. The molecule has 8 heteroatoms. The van der Waals surface area contributed by atoms with Crippen molar-refractivity contribution in [3.8, 4) is 0 Å². The van der Waals surface area contributed by atoms with Gasteiger partial charge < -0.3 is 10.2 Å². The van der Waals surface area contributed by atoms with E-state index < -0.39 is 9.84 Å². The third-order valence-corrected chi connectivity index (χ3v) is 8.66. The fourth-order valence-corrected chi connectivity index (χ4v) is 5.84. The zero-order chi connectivity index (χ0) is 26.1. The molecule has 1 fully saturated rings. The number of hydrogen-bond acceptors (Lipinski definition) is 4. The smallest absolute Gasteiger partial charge is 0.317 e. The van der Waals surface area contributed by atoms with Gasteiger partial charge in [-0.1, -0.05) is 70.2 Å². The largest absolute Gasteiger partial charge is 0.334 e. The molecular formula is C28H36N4O3S. The molecule has 36 heavy (non-hydrogen) atoms. The minimum Gasteiger partial charge on any atom is -0.334 e. The highest BCUT2D eigenvalue weighted by atomic mass is 32.2. The standard InChI is InChI=1S/C28H36N4O3S/c1-6-36(34,35)22-14-12-20(13-15-22)16-29-27(33)32-18-23(21-10-8-7-9-11-21)24(19-32)25-17-31(5)30-26(25)28(2,3)4/h7-15,17,23-24H,6,16,18-19H2,1-5H3,(H,29,33). The predicted molar refractivity (Wildman–Crippen MR) is 142 cm³/mol. The molecule has 2 amide bonds. The second-order valence-electron chi connectivity index (χ2n) is 10.6. The summed E-state index contributed by atoms with van der Waals surface area (Å²) in [6.45, 7) is 9.71. The lowest BCUT2D eigenvalue weighted by Gasteiger charge is -2.23. The maximum Gasteiger partial charge on any atom is 0.317 e. The number of hydrogen-bond donors (Lipinski definition) is 1. The van der Waals surface area contributed by atoms with Gasteiger partial charge in [-0.3, -0.25) is 4.68 Å². The van der Waals surface area contributed by atoms with Crippen LogP contribution in [0, 0.1) is 0 Å². The molecule has 1 aliphatic rings. The molecule has 0 bridgehead atoms. The van der Waals surface area contributed by atoms with Crippen LogP contribution in [0.1, 0.15) is 61.9 Å². The summed E-state index contributed by atoms with van der Waals surface area (Å²) in [6.07, 6.45) is 2.11. The molecule has 192 valence electrons. The van der Waals surface area contributed by atoms with Gasteiger partial charge in [0.05, 0.1) is 16.3 Å². The minimum atomic E-state index is -3.24. The van der Waals surface area contributed by atoms with Crippen molar-refractivity contribution >= 4 is 15.9 Å². The maximum atomic E-state index is 13.2. The fourth-order valence-electron chi connectivity index (χ4n) is 4.95. The molecule has 1 N–H and O–H groups in total.